The molecule has 282 valence electrons. The summed E-state index contributed by atoms with van der Waals surface area (Å²) in [6.45, 7) is 3.20. The second kappa shape index (κ2) is 26.9. The molecule has 5 atom stereocenters. The lowest BCUT2D eigenvalue weighted by molar-refractivity contribution is -0.161. The van der Waals surface area contributed by atoms with Crippen LogP contribution in [-0.2, 0) is 65.4 Å². The van der Waals surface area contributed by atoms with Gasteiger partial charge in [-0.1, -0.05) is 59.8 Å². The van der Waals surface area contributed by atoms with E-state index < -0.39 is 97.5 Å². The van der Waals surface area contributed by atoms with Crippen molar-refractivity contribution in [2.45, 2.75) is 123 Å². The number of unbranched alkanes of at least 4 members (excludes halogenated alkanes) is 5. The number of hydrogen-bond acceptors (Lipinski definition) is 15. The molecule has 2 unspecified atom stereocenters. The van der Waals surface area contributed by atoms with Crippen LogP contribution in [0.1, 0.15) is 105 Å². The van der Waals surface area contributed by atoms with Gasteiger partial charge in [-0.15, -0.1) is 0 Å². The van der Waals surface area contributed by atoms with Crippen molar-refractivity contribution in [3.8, 4) is 0 Å². The van der Waals surface area contributed by atoms with Gasteiger partial charge < -0.3 is 33.8 Å². The SMILES string of the molecule is CCCCCCCC(=O)OC[C@H](COP(=O)(O)OC[C@@H](O)COP(=O)(O)OC[C@@H](COC(=O)CC)OC(=O)CCCC)OC(=O)CCC. The topological polar surface area (TPSA) is 237 Å². The predicted octanol–water partition coefficient (Wildman–Crippen LogP) is 4.29. The number of aliphatic hydroxyl groups is 1. The van der Waals surface area contributed by atoms with Gasteiger partial charge in [-0.3, -0.25) is 37.3 Å². The summed E-state index contributed by atoms with van der Waals surface area (Å²) >= 11 is 0. The van der Waals surface area contributed by atoms with Crippen LogP contribution in [0, 0.1) is 0 Å². The number of aliphatic hydroxyl groups excluding tert-OH is 1. The summed E-state index contributed by atoms with van der Waals surface area (Å²) in [5, 5.41) is 10.1. The summed E-state index contributed by atoms with van der Waals surface area (Å²) in [5.41, 5.74) is 0. The highest BCUT2D eigenvalue weighted by atomic mass is 31.2. The minimum Gasteiger partial charge on any atom is -0.462 e. The van der Waals surface area contributed by atoms with Crippen molar-refractivity contribution in [2.75, 3.05) is 39.6 Å². The first-order chi connectivity index (χ1) is 22.7. The van der Waals surface area contributed by atoms with E-state index in [1.54, 1.807) is 13.8 Å². The molecule has 0 aliphatic heterocycles. The molecule has 0 bridgehead atoms. The number of phosphoric acid groups is 2. The Hall–Kier alpha value is -1.94. The summed E-state index contributed by atoms with van der Waals surface area (Å²) in [6.07, 6.45) is 2.51. The van der Waals surface area contributed by atoms with Crippen LogP contribution < -0.4 is 0 Å². The first kappa shape index (κ1) is 46.1. The van der Waals surface area contributed by atoms with Gasteiger partial charge in [-0.2, -0.15) is 0 Å². The van der Waals surface area contributed by atoms with Gasteiger partial charge in [0, 0.05) is 25.7 Å². The second-order valence-corrected chi connectivity index (χ2v) is 13.6. The van der Waals surface area contributed by atoms with E-state index in [1.165, 1.54) is 0 Å². The third-order valence-corrected chi connectivity index (χ3v) is 8.03. The monoisotopic (exact) mass is 736 g/mol. The maximum atomic E-state index is 12.4. The van der Waals surface area contributed by atoms with Gasteiger partial charge in [0.2, 0.25) is 0 Å². The first-order valence-electron chi connectivity index (χ1n) is 16.3. The Balaban J connectivity index is 4.85. The van der Waals surface area contributed by atoms with E-state index in [1.807, 2.05) is 6.92 Å². The molecular weight excluding hydrogens is 682 g/mol. The zero-order chi connectivity index (χ0) is 36.4. The molecule has 0 saturated heterocycles. The van der Waals surface area contributed by atoms with Gasteiger partial charge in [0.1, 0.15) is 19.3 Å². The van der Waals surface area contributed by atoms with Crippen molar-refractivity contribution in [2.24, 2.45) is 0 Å². The number of hydrogen-bond donors (Lipinski definition) is 3. The Morgan fingerprint density at radius 3 is 1.44 bits per heavy atom. The number of esters is 4. The van der Waals surface area contributed by atoms with Gasteiger partial charge in [0.05, 0.1) is 26.4 Å². The van der Waals surface area contributed by atoms with E-state index in [2.05, 4.69) is 11.4 Å². The van der Waals surface area contributed by atoms with E-state index in [0.29, 0.717) is 19.3 Å². The molecule has 0 aliphatic carbocycles. The molecule has 0 radical (unpaired) electrons. The average Bonchev–Trinajstić information content (AvgIpc) is 3.04. The van der Waals surface area contributed by atoms with Crippen molar-refractivity contribution in [1.29, 1.82) is 0 Å². The molecule has 0 saturated carbocycles. The molecule has 0 fully saturated rings. The number of carbonyl (C=O) groups excluding carboxylic acids is 4. The van der Waals surface area contributed by atoms with Crippen LogP contribution in [0.2, 0.25) is 0 Å². The highest BCUT2D eigenvalue weighted by molar-refractivity contribution is 7.47. The Morgan fingerprint density at radius 1 is 0.521 bits per heavy atom. The number of ether oxygens (including phenoxy) is 4. The lowest BCUT2D eigenvalue weighted by Crippen LogP contribution is -2.30. The lowest BCUT2D eigenvalue weighted by Gasteiger charge is -2.21. The van der Waals surface area contributed by atoms with Crippen molar-refractivity contribution < 1.29 is 80.2 Å². The first-order valence-corrected chi connectivity index (χ1v) is 19.3. The quantitative estimate of drug-likeness (QED) is 0.0403. The van der Waals surface area contributed by atoms with Gasteiger partial charge in [0.15, 0.2) is 12.2 Å². The van der Waals surface area contributed by atoms with Crippen molar-refractivity contribution in [3.63, 3.8) is 0 Å². The van der Waals surface area contributed by atoms with Crippen molar-refractivity contribution in [1.82, 2.24) is 0 Å². The van der Waals surface area contributed by atoms with E-state index >= 15 is 0 Å². The third-order valence-electron chi connectivity index (χ3n) is 6.13. The van der Waals surface area contributed by atoms with E-state index in [9.17, 15) is 43.2 Å². The van der Waals surface area contributed by atoms with Gasteiger partial charge in [-0.05, 0) is 19.3 Å². The van der Waals surface area contributed by atoms with E-state index in [-0.39, 0.29) is 25.7 Å². The minimum atomic E-state index is -4.87. The van der Waals surface area contributed by atoms with Crippen LogP contribution in [0.3, 0.4) is 0 Å². The van der Waals surface area contributed by atoms with Crippen LogP contribution in [0.15, 0.2) is 0 Å². The molecule has 0 spiro atoms. The maximum Gasteiger partial charge on any atom is 0.472 e. The van der Waals surface area contributed by atoms with Crippen LogP contribution in [0.5, 0.6) is 0 Å². The summed E-state index contributed by atoms with van der Waals surface area (Å²) < 4.78 is 64.1. The summed E-state index contributed by atoms with van der Waals surface area (Å²) in [5.74, 6) is -2.39. The Bertz CT molecular complexity index is 1020. The second-order valence-electron chi connectivity index (χ2n) is 10.7. The Morgan fingerprint density at radius 2 is 0.958 bits per heavy atom. The average molecular weight is 737 g/mol. The van der Waals surface area contributed by atoms with Crippen molar-refractivity contribution >= 4 is 39.5 Å². The largest absolute Gasteiger partial charge is 0.472 e. The fraction of sp³-hybridized carbons (Fsp3) is 0.862. The van der Waals surface area contributed by atoms with E-state index in [0.717, 1.165) is 32.1 Å². The molecule has 0 heterocycles. The minimum absolute atomic E-state index is 0.0481. The van der Waals surface area contributed by atoms with Gasteiger partial charge >= 0.3 is 39.5 Å². The molecule has 0 aromatic carbocycles. The van der Waals surface area contributed by atoms with E-state index in [4.69, 9.17) is 32.5 Å². The lowest BCUT2D eigenvalue weighted by atomic mass is 10.1. The summed E-state index contributed by atoms with van der Waals surface area (Å²) in [7, 11) is -9.72. The molecule has 0 aromatic rings. The zero-order valence-electron chi connectivity index (χ0n) is 28.4. The molecule has 0 amide bonds. The van der Waals surface area contributed by atoms with Crippen LogP contribution in [-0.4, -0.2) is 96.7 Å². The standard InChI is InChI=1S/C29H54O17P2/c1-5-9-11-12-13-16-27(32)40-20-25(45-28(33)14-7-3)22-44-48(37,38)42-18-23(30)17-41-47(35,36)43-21-24(19-39-26(31)8-4)46-29(34)15-10-6-2/h23-25,30H,5-22H2,1-4H3,(H,35,36)(H,37,38)/t23-,24+,25+/m0/s1. The normalized spacial score (nSPS) is 15.7. The highest BCUT2D eigenvalue weighted by Gasteiger charge is 2.30. The summed E-state index contributed by atoms with van der Waals surface area (Å²) in [6, 6.07) is 0. The Kier molecular flexibility index (Phi) is 25.8. The Labute approximate surface area is 282 Å². The predicted molar refractivity (Wildman–Crippen MR) is 169 cm³/mol. The fourth-order valence-electron chi connectivity index (χ4n) is 3.50. The molecule has 48 heavy (non-hydrogen) atoms. The molecule has 19 heteroatoms. The van der Waals surface area contributed by atoms with Crippen LogP contribution in [0.25, 0.3) is 0 Å². The van der Waals surface area contributed by atoms with Crippen LogP contribution >= 0.6 is 15.6 Å². The van der Waals surface area contributed by atoms with Crippen molar-refractivity contribution in [3.05, 3.63) is 0 Å². The molecule has 0 rings (SSSR count). The maximum absolute atomic E-state index is 12.4. The number of phosphoric ester groups is 2. The summed E-state index contributed by atoms with van der Waals surface area (Å²) in [4.78, 5) is 67.5. The smallest absolute Gasteiger partial charge is 0.462 e. The molecular formula is C29H54O17P2. The highest BCUT2D eigenvalue weighted by Crippen LogP contribution is 2.45. The molecule has 17 nitrogen and oxygen atoms in total. The van der Waals surface area contributed by atoms with Gasteiger partial charge in [-0.25, -0.2) is 9.13 Å². The number of rotatable bonds is 30. The molecule has 3 N–H and O–H groups in total. The molecule has 0 aromatic heterocycles. The van der Waals surface area contributed by atoms with Gasteiger partial charge in [0.25, 0.3) is 0 Å². The number of carbonyl (C=O) groups is 4. The van der Waals surface area contributed by atoms with Crippen LogP contribution in [0.4, 0.5) is 0 Å². The molecule has 0 aliphatic rings. The fourth-order valence-corrected chi connectivity index (χ4v) is 5.08. The zero-order valence-corrected chi connectivity index (χ0v) is 30.2. The third kappa shape index (κ3) is 26.0.